The maximum Gasteiger partial charge on any atom is 0.307 e. The van der Waals surface area contributed by atoms with Gasteiger partial charge in [-0.15, -0.1) is 0 Å². The molecule has 0 aliphatic carbocycles. The van der Waals surface area contributed by atoms with Crippen LogP contribution in [-0.2, 0) is 21.1 Å². The summed E-state index contributed by atoms with van der Waals surface area (Å²) in [5.41, 5.74) is 0.705. The minimum absolute atomic E-state index is 0.0168. The number of benzene rings is 4. The van der Waals surface area contributed by atoms with Crippen LogP contribution in [-0.4, -0.2) is 25.3 Å². The molecule has 0 saturated heterocycles. The van der Waals surface area contributed by atoms with Crippen molar-refractivity contribution >= 4 is 44.0 Å². The number of carbonyl (C=O) groups is 2. The van der Waals surface area contributed by atoms with Gasteiger partial charge in [0.25, 0.3) is 0 Å². The molecule has 0 amide bonds. The second-order valence-electron chi connectivity index (χ2n) is 7.39. The third-order valence-corrected chi connectivity index (χ3v) is 7.11. The van der Waals surface area contributed by atoms with Crippen LogP contribution in [0.25, 0.3) is 10.8 Å². The lowest BCUT2D eigenvalue weighted by atomic mass is 9.94. The van der Waals surface area contributed by atoms with Crippen molar-refractivity contribution in [2.24, 2.45) is 0 Å². The standard InChI is InChI=1S/C25H16ClFO5S/c26-18-2-1-3-21(13-18)33(31,32)20-8-5-16(6-9-20)25(30)23-11-15(12-24(28)29)10-17-4-7-19(27)14-22(17)23/h1-11,13-14H,12H2,(H,28,29). The largest absolute Gasteiger partial charge is 0.481 e. The highest BCUT2D eigenvalue weighted by atomic mass is 35.5. The molecule has 4 aromatic carbocycles. The molecule has 5 nitrogen and oxygen atoms in total. The van der Waals surface area contributed by atoms with Gasteiger partial charge in [0.2, 0.25) is 9.84 Å². The van der Waals surface area contributed by atoms with Gasteiger partial charge in [-0.3, -0.25) is 9.59 Å². The van der Waals surface area contributed by atoms with Crippen LogP contribution in [0.15, 0.2) is 88.7 Å². The molecule has 0 aromatic heterocycles. The molecule has 0 bridgehead atoms. The molecule has 166 valence electrons. The maximum atomic E-state index is 13.9. The molecule has 4 aromatic rings. The molecule has 0 spiro atoms. The first-order valence-corrected chi connectivity index (χ1v) is 11.6. The first kappa shape index (κ1) is 22.6. The van der Waals surface area contributed by atoms with Gasteiger partial charge in [-0.2, -0.15) is 0 Å². The Hall–Kier alpha value is -3.55. The lowest BCUT2D eigenvalue weighted by molar-refractivity contribution is -0.136. The molecule has 8 heteroatoms. The summed E-state index contributed by atoms with van der Waals surface area (Å²) < 4.78 is 39.6. The quantitative estimate of drug-likeness (QED) is 0.375. The van der Waals surface area contributed by atoms with Crippen LogP contribution in [0.5, 0.6) is 0 Å². The van der Waals surface area contributed by atoms with Crippen LogP contribution in [0.1, 0.15) is 21.5 Å². The summed E-state index contributed by atoms with van der Waals surface area (Å²) in [6.45, 7) is 0. The summed E-state index contributed by atoms with van der Waals surface area (Å²) in [4.78, 5) is 24.4. The number of halogens is 2. The van der Waals surface area contributed by atoms with Crippen LogP contribution in [0.3, 0.4) is 0 Å². The second-order valence-corrected chi connectivity index (χ2v) is 9.78. The summed E-state index contributed by atoms with van der Waals surface area (Å²) in [6, 6.07) is 18.2. The number of carbonyl (C=O) groups excluding carboxylic acids is 1. The first-order chi connectivity index (χ1) is 15.6. The van der Waals surface area contributed by atoms with Gasteiger partial charge in [0.05, 0.1) is 16.2 Å². The van der Waals surface area contributed by atoms with E-state index in [0.717, 1.165) is 0 Å². The van der Waals surface area contributed by atoms with E-state index in [1.165, 1.54) is 66.7 Å². The Morgan fingerprint density at radius 2 is 1.61 bits per heavy atom. The lowest BCUT2D eigenvalue weighted by Crippen LogP contribution is -2.07. The molecule has 1 N–H and O–H groups in total. The summed E-state index contributed by atoms with van der Waals surface area (Å²) in [5.74, 6) is -2.08. The Morgan fingerprint density at radius 1 is 0.879 bits per heavy atom. The molecule has 0 unspecified atom stereocenters. The molecule has 0 heterocycles. The minimum atomic E-state index is -3.84. The monoisotopic (exact) mass is 482 g/mol. The van der Waals surface area contributed by atoms with Crippen molar-refractivity contribution in [2.75, 3.05) is 0 Å². The predicted octanol–water partition coefficient (Wildman–Crippen LogP) is 5.32. The van der Waals surface area contributed by atoms with Crippen molar-refractivity contribution in [3.63, 3.8) is 0 Å². The fourth-order valence-electron chi connectivity index (χ4n) is 3.57. The summed E-state index contributed by atoms with van der Waals surface area (Å²) in [7, 11) is -3.84. The zero-order valence-electron chi connectivity index (χ0n) is 17.0. The van der Waals surface area contributed by atoms with E-state index < -0.39 is 27.4 Å². The Morgan fingerprint density at radius 3 is 2.27 bits per heavy atom. The smallest absolute Gasteiger partial charge is 0.307 e. The van der Waals surface area contributed by atoms with Crippen LogP contribution in [0, 0.1) is 5.82 Å². The topological polar surface area (TPSA) is 88.5 Å². The van der Waals surface area contributed by atoms with Gasteiger partial charge < -0.3 is 5.11 Å². The maximum absolute atomic E-state index is 13.9. The van der Waals surface area contributed by atoms with Gasteiger partial charge in [0.1, 0.15) is 5.82 Å². The van der Waals surface area contributed by atoms with Gasteiger partial charge in [-0.1, -0.05) is 29.8 Å². The average molecular weight is 483 g/mol. The molecule has 0 aliphatic heterocycles. The number of hydrogen-bond donors (Lipinski definition) is 1. The predicted molar refractivity (Wildman–Crippen MR) is 122 cm³/mol. The van der Waals surface area contributed by atoms with Gasteiger partial charge in [-0.25, -0.2) is 12.8 Å². The van der Waals surface area contributed by atoms with Crippen molar-refractivity contribution in [1.29, 1.82) is 0 Å². The molecule has 0 atom stereocenters. The van der Waals surface area contributed by atoms with E-state index in [1.807, 2.05) is 0 Å². The number of carboxylic acid groups (broad SMARTS) is 1. The number of hydrogen-bond acceptors (Lipinski definition) is 4. The zero-order chi connectivity index (χ0) is 23.8. The van der Waals surface area contributed by atoms with Gasteiger partial charge in [-0.05, 0) is 77.0 Å². The van der Waals surface area contributed by atoms with E-state index in [4.69, 9.17) is 16.7 Å². The molecular weight excluding hydrogens is 467 g/mol. The minimum Gasteiger partial charge on any atom is -0.481 e. The molecule has 4 rings (SSSR count). The van der Waals surface area contributed by atoms with Crippen LogP contribution >= 0.6 is 11.6 Å². The van der Waals surface area contributed by atoms with Crippen molar-refractivity contribution in [3.05, 3.63) is 106 Å². The highest BCUT2D eigenvalue weighted by Crippen LogP contribution is 2.27. The first-order valence-electron chi connectivity index (χ1n) is 9.74. The number of carboxylic acids is 1. The van der Waals surface area contributed by atoms with E-state index in [0.29, 0.717) is 16.3 Å². The number of aliphatic carboxylic acids is 1. The number of sulfone groups is 1. The molecular formula is C25H16ClFO5S. The normalized spacial score (nSPS) is 11.5. The molecule has 33 heavy (non-hydrogen) atoms. The molecule has 0 fully saturated rings. The van der Waals surface area contributed by atoms with Crippen molar-refractivity contribution in [3.8, 4) is 0 Å². The van der Waals surface area contributed by atoms with E-state index in [1.54, 1.807) is 12.1 Å². The lowest BCUT2D eigenvalue weighted by Gasteiger charge is -2.10. The third-order valence-electron chi connectivity index (χ3n) is 5.11. The summed E-state index contributed by atoms with van der Waals surface area (Å²) >= 11 is 5.90. The number of fused-ring (bicyclic) bond motifs is 1. The number of rotatable bonds is 6. The van der Waals surface area contributed by atoms with Crippen molar-refractivity contribution < 1.29 is 27.5 Å². The Labute approximate surface area is 194 Å². The van der Waals surface area contributed by atoms with Gasteiger partial charge in [0, 0.05) is 16.1 Å². The molecule has 0 saturated carbocycles. The van der Waals surface area contributed by atoms with E-state index in [2.05, 4.69) is 0 Å². The Kier molecular flexibility index (Phi) is 6.01. The summed E-state index contributed by atoms with van der Waals surface area (Å²) in [6.07, 6.45) is -0.301. The van der Waals surface area contributed by atoms with E-state index in [-0.39, 0.29) is 32.4 Å². The van der Waals surface area contributed by atoms with Gasteiger partial charge >= 0.3 is 5.97 Å². The average Bonchev–Trinajstić information content (AvgIpc) is 2.78. The Bertz CT molecular complexity index is 1510. The third kappa shape index (κ3) is 4.65. The highest BCUT2D eigenvalue weighted by Gasteiger charge is 2.20. The Balaban J connectivity index is 1.76. The van der Waals surface area contributed by atoms with Crippen LogP contribution in [0.4, 0.5) is 4.39 Å². The van der Waals surface area contributed by atoms with E-state index >= 15 is 0 Å². The second kappa shape index (κ2) is 8.77. The van der Waals surface area contributed by atoms with Crippen molar-refractivity contribution in [1.82, 2.24) is 0 Å². The summed E-state index contributed by atoms with van der Waals surface area (Å²) in [5, 5.41) is 10.3. The van der Waals surface area contributed by atoms with Gasteiger partial charge in [0.15, 0.2) is 5.78 Å². The number of ketones is 1. The van der Waals surface area contributed by atoms with Crippen LogP contribution < -0.4 is 0 Å². The fraction of sp³-hybridized carbons (Fsp3) is 0.0400. The zero-order valence-corrected chi connectivity index (χ0v) is 18.5. The fourth-order valence-corrected chi connectivity index (χ4v) is 5.13. The van der Waals surface area contributed by atoms with Crippen LogP contribution in [0.2, 0.25) is 5.02 Å². The van der Waals surface area contributed by atoms with Crippen molar-refractivity contribution in [2.45, 2.75) is 16.2 Å². The SMILES string of the molecule is O=C(O)Cc1cc(C(=O)c2ccc(S(=O)(=O)c3cccc(Cl)c3)cc2)c2cc(F)ccc2c1. The van der Waals surface area contributed by atoms with E-state index in [9.17, 15) is 22.4 Å². The highest BCUT2D eigenvalue weighted by molar-refractivity contribution is 7.91. The molecule has 0 aliphatic rings. The molecule has 0 radical (unpaired) electrons.